The second-order valence-electron chi connectivity index (χ2n) is 11.1. The number of rotatable bonds is 8. The van der Waals surface area contributed by atoms with Crippen molar-refractivity contribution in [1.29, 1.82) is 0 Å². The van der Waals surface area contributed by atoms with Crippen LogP contribution in [0.3, 0.4) is 0 Å². The number of urea groups is 1. The predicted octanol–water partition coefficient (Wildman–Crippen LogP) is 4.86. The molecule has 41 heavy (non-hydrogen) atoms. The Morgan fingerprint density at radius 2 is 1.95 bits per heavy atom. The van der Waals surface area contributed by atoms with Crippen molar-refractivity contribution in [2.24, 2.45) is 0 Å². The average Bonchev–Trinajstić information content (AvgIpc) is 3.63. The van der Waals surface area contributed by atoms with E-state index in [2.05, 4.69) is 37.2 Å². The lowest BCUT2D eigenvalue weighted by Gasteiger charge is -2.24. The first-order chi connectivity index (χ1) is 19.6. The summed E-state index contributed by atoms with van der Waals surface area (Å²) in [7, 11) is 1.47. The third-order valence-electron chi connectivity index (χ3n) is 7.87. The first-order valence-corrected chi connectivity index (χ1v) is 15.5. The zero-order valence-electron chi connectivity index (χ0n) is 24.1. The number of nitrogens with one attached hydrogen (secondary N) is 2. The monoisotopic (exact) mass is 578 g/mol. The van der Waals surface area contributed by atoms with Crippen LogP contribution in [0.1, 0.15) is 54.8 Å². The highest BCUT2D eigenvalue weighted by molar-refractivity contribution is 7.90. The Morgan fingerprint density at radius 3 is 2.68 bits per heavy atom. The summed E-state index contributed by atoms with van der Waals surface area (Å²) in [6, 6.07) is 6.55. The van der Waals surface area contributed by atoms with Gasteiger partial charge in [-0.1, -0.05) is 17.7 Å². The number of carbonyl (C=O) groups is 1. The van der Waals surface area contributed by atoms with Crippen molar-refractivity contribution in [2.75, 3.05) is 33.1 Å². The number of allylic oxidation sites excluding steroid dienone is 1. The molecule has 0 spiro atoms. The Labute approximate surface area is 241 Å². The second kappa shape index (κ2) is 12.0. The van der Waals surface area contributed by atoms with Crippen molar-refractivity contribution in [2.45, 2.75) is 62.9 Å². The summed E-state index contributed by atoms with van der Waals surface area (Å²) in [5.74, 6) is 0.453. The van der Waals surface area contributed by atoms with Gasteiger partial charge in [0.25, 0.3) is 10.0 Å². The predicted molar refractivity (Wildman–Crippen MR) is 159 cm³/mol. The van der Waals surface area contributed by atoms with Crippen LogP contribution in [-0.2, 0) is 22.9 Å². The van der Waals surface area contributed by atoms with E-state index in [-0.39, 0.29) is 11.1 Å². The minimum absolute atomic E-state index is 0.124. The number of hydrogen-bond donors (Lipinski definition) is 2. The lowest BCUT2D eigenvalue weighted by atomic mass is 9.90. The number of aromatic nitrogens is 3. The fraction of sp³-hybridized carbons (Fsp3) is 0.433. The fourth-order valence-corrected chi connectivity index (χ4v) is 6.66. The molecule has 1 fully saturated rings. The van der Waals surface area contributed by atoms with Gasteiger partial charge < -0.3 is 15.0 Å². The summed E-state index contributed by atoms with van der Waals surface area (Å²) in [4.78, 5) is 19.5. The van der Waals surface area contributed by atoms with Crippen LogP contribution in [0.5, 0.6) is 5.88 Å². The van der Waals surface area contributed by atoms with Gasteiger partial charge in [0, 0.05) is 30.6 Å². The molecule has 1 aromatic carbocycles. The van der Waals surface area contributed by atoms with Gasteiger partial charge in [-0.25, -0.2) is 14.5 Å². The standard InChI is InChI=1S/C30H38N6O4S/c1-20-18-22-6-5-7-25(22)29(28(20)23-12-15-31-26(19-23)40-4)32-30(37)34-41(38,39)27-14-17-36(33-27)24-10-8-21(9-11-24)13-16-35(2)3/h12-15,17-19,24H,5-11,16H2,1-4H3,(H2,32,34,37). The molecule has 2 aliphatic carbocycles. The van der Waals surface area contributed by atoms with Gasteiger partial charge in [0.1, 0.15) is 0 Å². The maximum atomic E-state index is 13.2. The van der Waals surface area contributed by atoms with Crippen LogP contribution in [0.2, 0.25) is 0 Å². The zero-order valence-corrected chi connectivity index (χ0v) is 24.9. The van der Waals surface area contributed by atoms with E-state index in [1.54, 1.807) is 24.2 Å². The average molecular weight is 579 g/mol. The number of sulfonamides is 1. The zero-order chi connectivity index (χ0) is 29.1. The third-order valence-corrected chi connectivity index (χ3v) is 9.09. The van der Waals surface area contributed by atoms with E-state index in [1.807, 2.05) is 33.2 Å². The first kappa shape index (κ1) is 28.8. The maximum Gasteiger partial charge on any atom is 0.333 e. The van der Waals surface area contributed by atoms with Gasteiger partial charge in [-0.3, -0.25) is 4.68 Å². The molecule has 0 radical (unpaired) electrons. The molecular formula is C30H38N6O4S. The number of carbonyl (C=O) groups excluding carboxylic acids is 1. The van der Waals surface area contributed by atoms with E-state index >= 15 is 0 Å². The summed E-state index contributed by atoms with van der Waals surface area (Å²) < 4.78 is 35.6. The fourth-order valence-electron chi connectivity index (χ4n) is 5.81. The van der Waals surface area contributed by atoms with Crippen molar-refractivity contribution < 1.29 is 17.9 Å². The normalized spacial score (nSPS) is 16.9. The molecule has 1 saturated carbocycles. The number of pyridine rings is 1. The number of nitrogens with zero attached hydrogens (tertiary/aromatic N) is 4. The van der Waals surface area contributed by atoms with Crippen LogP contribution in [0.25, 0.3) is 11.1 Å². The Bertz CT molecular complexity index is 1570. The Hall–Kier alpha value is -3.70. The molecule has 2 heterocycles. The molecule has 11 heteroatoms. The highest BCUT2D eigenvalue weighted by Crippen LogP contribution is 2.40. The molecule has 5 rings (SSSR count). The number of aryl methyl sites for hydroxylation is 2. The smallest absolute Gasteiger partial charge is 0.333 e. The van der Waals surface area contributed by atoms with E-state index < -0.39 is 16.1 Å². The lowest BCUT2D eigenvalue weighted by molar-refractivity contribution is 0.256. The van der Waals surface area contributed by atoms with Crippen LogP contribution < -0.4 is 14.8 Å². The molecule has 2 aromatic heterocycles. The highest BCUT2D eigenvalue weighted by Gasteiger charge is 2.27. The quantitative estimate of drug-likeness (QED) is 0.366. The Balaban J connectivity index is 1.33. The van der Waals surface area contributed by atoms with Gasteiger partial charge in [-0.05, 0) is 100 Å². The number of benzene rings is 1. The summed E-state index contributed by atoms with van der Waals surface area (Å²) in [6.45, 7) is 2.90. The Kier molecular flexibility index (Phi) is 8.46. The molecule has 2 N–H and O–H groups in total. The Morgan fingerprint density at radius 1 is 1.17 bits per heavy atom. The number of hydrogen-bond acceptors (Lipinski definition) is 7. The molecular weight excluding hydrogens is 540 g/mol. The third kappa shape index (κ3) is 6.46. The molecule has 218 valence electrons. The summed E-state index contributed by atoms with van der Waals surface area (Å²) >= 11 is 0. The minimum atomic E-state index is -4.18. The molecule has 3 aromatic rings. The number of likely N-dealkylation sites (N-methyl/N-ethyl adjacent to an activating group) is 1. The van der Waals surface area contributed by atoms with Gasteiger partial charge in [0.15, 0.2) is 5.03 Å². The van der Waals surface area contributed by atoms with E-state index in [9.17, 15) is 13.2 Å². The van der Waals surface area contributed by atoms with Crippen LogP contribution in [-0.4, -0.2) is 61.9 Å². The van der Waals surface area contributed by atoms with Gasteiger partial charge in [0.2, 0.25) is 5.88 Å². The van der Waals surface area contributed by atoms with Gasteiger partial charge in [0.05, 0.1) is 18.8 Å². The molecule has 0 unspecified atom stereocenters. The molecule has 0 atom stereocenters. The van der Waals surface area contributed by atoms with Gasteiger partial charge >= 0.3 is 6.03 Å². The van der Waals surface area contributed by atoms with Gasteiger partial charge in [-0.15, -0.1) is 0 Å². The van der Waals surface area contributed by atoms with Crippen molar-refractivity contribution in [3.63, 3.8) is 0 Å². The van der Waals surface area contributed by atoms with Crippen LogP contribution in [0.15, 0.2) is 53.3 Å². The number of anilines is 1. The van der Waals surface area contributed by atoms with Crippen molar-refractivity contribution in [1.82, 2.24) is 24.4 Å². The van der Waals surface area contributed by atoms with Gasteiger partial charge in [-0.2, -0.15) is 13.5 Å². The minimum Gasteiger partial charge on any atom is -0.481 e. The second-order valence-corrected chi connectivity index (χ2v) is 12.7. The van der Waals surface area contributed by atoms with Crippen molar-refractivity contribution in [3.8, 4) is 17.0 Å². The van der Waals surface area contributed by atoms with Crippen LogP contribution in [0, 0.1) is 6.92 Å². The van der Waals surface area contributed by atoms with E-state index in [1.165, 1.54) is 11.6 Å². The lowest BCUT2D eigenvalue weighted by Crippen LogP contribution is -2.35. The molecule has 10 nitrogen and oxygen atoms in total. The molecule has 2 amide bonds. The van der Waals surface area contributed by atoms with E-state index in [4.69, 9.17) is 4.74 Å². The molecule has 0 bridgehead atoms. The number of ether oxygens (including phenoxy) is 1. The first-order valence-electron chi connectivity index (χ1n) is 14.0. The molecule has 0 aliphatic heterocycles. The number of fused-ring (bicyclic) bond motifs is 1. The number of amides is 2. The maximum absolute atomic E-state index is 13.2. The summed E-state index contributed by atoms with van der Waals surface area (Å²) in [6.07, 6.45) is 12.0. The van der Waals surface area contributed by atoms with Crippen molar-refractivity contribution in [3.05, 3.63) is 65.0 Å². The topological polar surface area (TPSA) is 118 Å². The summed E-state index contributed by atoms with van der Waals surface area (Å²) in [5.41, 5.74) is 6.85. The van der Waals surface area contributed by atoms with E-state index in [0.717, 1.165) is 79.3 Å². The summed E-state index contributed by atoms with van der Waals surface area (Å²) in [5, 5.41) is 7.06. The largest absolute Gasteiger partial charge is 0.481 e. The molecule has 0 saturated heterocycles. The van der Waals surface area contributed by atoms with Crippen molar-refractivity contribution >= 4 is 21.7 Å². The van der Waals surface area contributed by atoms with Crippen LogP contribution in [0.4, 0.5) is 10.5 Å². The number of methoxy groups -OCH3 is 1. The van der Waals surface area contributed by atoms with E-state index in [0.29, 0.717) is 11.6 Å². The molecule has 2 aliphatic rings. The van der Waals surface area contributed by atoms with Crippen LogP contribution >= 0.6 is 0 Å². The SMILES string of the molecule is COc1cc(-c2c(C)cc3c(c2NC(=O)NS(=O)(=O)c2ccn(C4CCC(=CCN(C)C)CC4)n2)CCC3)ccn1. The highest BCUT2D eigenvalue weighted by atomic mass is 32.2.